The average Bonchev–Trinajstić information content (AvgIpc) is 3.21. The van der Waals surface area contributed by atoms with Crippen LogP contribution in [0.2, 0.25) is 5.02 Å². The minimum atomic E-state index is -0.408. The maximum Gasteiger partial charge on any atom is 0.269 e. The molecule has 2 amide bonds. The molecule has 0 aliphatic rings. The predicted molar refractivity (Wildman–Crippen MR) is 121 cm³/mol. The van der Waals surface area contributed by atoms with Crippen LogP contribution in [0.25, 0.3) is 5.65 Å². The number of hydrogen-bond acceptors (Lipinski definition) is 4. The summed E-state index contributed by atoms with van der Waals surface area (Å²) in [6, 6.07) is 17.9. The van der Waals surface area contributed by atoms with Gasteiger partial charge in [0.1, 0.15) is 18.0 Å². The molecule has 0 bridgehead atoms. The van der Waals surface area contributed by atoms with E-state index < -0.39 is 5.91 Å². The number of halogens is 1. The molecule has 0 spiro atoms. The number of imidazole rings is 1. The van der Waals surface area contributed by atoms with Crippen molar-refractivity contribution in [2.45, 2.75) is 20.0 Å². The van der Waals surface area contributed by atoms with Gasteiger partial charge < -0.3 is 9.14 Å². The zero-order valence-electron chi connectivity index (χ0n) is 17.3. The van der Waals surface area contributed by atoms with Gasteiger partial charge in [0.25, 0.3) is 5.91 Å². The number of benzene rings is 2. The second-order valence-corrected chi connectivity index (χ2v) is 7.71. The van der Waals surface area contributed by atoms with Gasteiger partial charge in [0, 0.05) is 23.0 Å². The summed E-state index contributed by atoms with van der Waals surface area (Å²) in [5, 5.41) is 0.647. The van der Waals surface area contributed by atoms with Gasteiger partial charge in [-0.2, -0.15) is 0 Å². The number of pyridine rings is 1. The largest absolute Gasteiger partial charge is 0.489 e. The molecule has 4 rings (SSSR count). The lowest BCUT2D eigenvalue weighted by Gasteiger charge is -2.09. The van der Waals surface area contributed by atoms with Crippen molar-refractivity contribution < 1.29 is 14.3 Å². The van der Waals surface area contributed by atoms with Gasteiger partial charge in [0.15, 0.2) is 0 Å². The average molecular weight is 449 g/mol. The summed E-state index contributed by atoms with van der Waals surface area (Å²) in [5.74, 6) is -0.0542. The second-order valence-electron chi connectivity index (χ2n) is 7.27. The molecule has 2 aromatic carbocycles. The Morgan fingerprint density at radius 2 is 1.78 bits per heavy atom. The molecule has 0 saturated carbocycles. The SMILES string of the molecule is Cc1cccn2cc(CC(=O)NNC(=O)c3ccc(COc4ccc(Cl)cc4)cc3)nc12. The summed E-state index contributed by atoms with van der Waals surface area (Å²) in [7, 11) is 0. The van der Waals surface area contributed by atoms with E-state index in [4.69, 9.17) is 16.3 Å². The summed E-state index contributed by atoms with van der Waals surface area (Å²) in [5.41, 5.74) is 8.64. The first kappa shape index (κ1) is 21.4. The summed E-state index contributed by atoms with van der Waals surface area (Å²) in [6.07, 6.45) is 3.74. The lowest BCUT2D eigenvalue weighted by atomic mass is 10.1. The molecule has 2 N–H and O–H groups in total. The first-order chi connectivity index (χ1) is 15.5. The Morgan fingerprint density at radius 1 is 1.03 bits per heavy atom. The first-order valence-corrected chi connectivity index (χ1v) is 10.4. The van der Waals surface area contributed by atoms with Crippen molar-refractivity contribution in [1.82, 2.24) is 20.2 Å². The third-order valence-corrected chi connectivity index (χ3v) is 5.07. The van der Waals surface area contributed by atoms with E-state index in [1.165, 1.54) is 0 Å². The van der Waals surface area contributed by atoms with Crippen molar-refractivity contribution in [2.24, 2.45) is 0 Å². The predicted octanol–water partition coefficient (Wildman–Crippen LogP) is 3.88. The van der Waals surface area contributed by atoms with E-state index in [1.54, 1.807) is 54.7 Å². The molecule has 2 heterocycles. The summed E-state index contributed by atoms with van der Waals surface area (Å²) >= 11 is 5.86. The monoisotopic (exact) mass is 448 g/mol. The Bertz CT molecular complexity index is 1250. The maximum absolute atomic E-state index is 12.3. The first-order valence-electron chi connectivity index (χ1n) is 9.97. The highest BCUT2D eigenvalue weighted by Crippen LogP contribution is 2.17. The Hall–Kier alpha value is -3.84. The van der Waals surface area contributed by atoms with E-state index in [-0.39, 0.29) is 12.3 Å². The molecule has 32 heavy (non-hydrogen) atoms. The quantitative estimate of drug-likeness (QED) is 0.438. The number of carbonyl (C=O) groups excluding carboxylic acids is 2. The number of rotatable bonds is 6. The van der Waals surface area contributed by atoms with Crippen LogP contribution < -0.4 is 15.6 Å². The van der Waals surface area contributed by atoms with Gasteiger partial charge in [-0.1, -0.05) is 29.8 Å². The Labute approximate surface area is 190 Å². The fourth-order valence-corrected chi connectivity index (χ4v) is 3.27. The van der Waals surface area contributed by atoms with Crippen LogP contribution in [0.3, 0.4) is 0 Å². The van der Waals surface area contributed by atoms with Gasteiger partial charge in [0.2, 0.25) is 5.91 Å². The van der Waals surface area contributed by atoms with Crippen LogP contribution in [0.4, 0.5) is 0 Å². The summed E-state index contributed by atoms with van der Waals surface area (Å²) in [4.78, 5) is 29.0. The van der Waals surface area contributed by atoms with Gasteiger partial charge >= 0.3 is 0 Å². The van der Waals surface area contributed by atoms with Crippen LogP contribution in [0, 0.1) is 6.92 Å². The van der Waals surface area contributed by atoms with Crippen molar-refractivity contribution in [3.8, 4) is 5.75 Å². The van der Waals surface area contributed by atoms with Crippen LogP contribution in [0.5, 0.6) is 5.75 Å². The van der Waals surface area contributed by atoms with Crippen LogP contribution in [0.15, 0.2) is 73.1 Å². The molecular weight excluding hydrogens is 428 g/mol. The van der Waals surface area contributed by atoms with Crippen LogP contribution in [-0.4, -0.2) is 21.2 Å². The lowest BCUT2D eigenvalue weighted by Crippen LogP contribution is -2.42. The van der Waals surface area contributed by atoms with E-state index in [0.29, 0.717) is 28.6 Å². The number of fused-ring (bicyclic) bond motifs is 1. The summed E-state index contributed by atoms with van der Waals surface area (Å²) < 4.78 is 7.56. The molecule has 0 saturated heterocycles. The molecule has 0 atom stereocenters. The maximum atomic E-state index is 12.3. The lowest BCUT2D eigenvalue weighted by molar-refractivity contribution is -0.121. The fraction of sp³-hybridized carbons (Fsp3) is 0.125. The number of hydrogen-bond donors (Lipinski definition) is 2. The van der Waals surface area contributed by atoms with Crippen LogP contribution in [0.1, 0.15) is 27.2 Å². The topological polar surface area (TPSA) is 84.7 Å². The van der Waals surface area contributed by atoms with Crippen LogP contribution in [-0.2, 0) is 17.8 Å². The Morgan fingerprint density at radius 3 is 2.50 bits per heavy atom. The van der Waals surface area contributed by atoms with E-state index >= 15 is 0 Å². The van der Waals surface area contributed by atoms with Gasteiger partial charge in [-0.05, 0) is 60.5 Å². The molecule has 0 radical (unpaired) electrons. The number of aryl methyl sites for hydroxylation is 1. The van der Waals surface area contributed by atoms with E-state index in [1.807, 2.05) is 29.7 Å². The zero-order chi connectivity index (χ0) is 22.5. The molecule has 2 aromatic heterocycles. The Kier molecular flexibility index (Phi) is 6.37. The van der Waals surface area contributed by atoms with Gasteiger partial charge in [-0.3, -0.25) is 20.4 Å². The second kappa shape index (κ2) is 9.53. The van der Waals surface area contributed by atoms with Gasteiger partial charge in [-0.25, -0.2) is 4.98 Å². The number of nitrogens with one attached hydrogen (secondary N) is 2. The molecular formula is C24H21ClN4O3. The number of carbonyl (C=O) groups is 2. The molecule has 0 fully saturated rings. The molecule has 4 aromatic rings. The third kappa shape index (κ3) is 5.25. The molecule has 0 unspecified atom stereocenters. The fourth-order valence-electron chi connectivity index (χ4n) is 3.15. The van der Waals surface area contributed by atoms with E-state index in [2.05, 4.69) is 15.8 Å². The number of ether oxygens (including phenoxy) is 1. The third-order valence-electron chi connectivity index (χ3n) is 4.82. The highest BCUT2D eigenvalue weighted by atomic mass is 35.5. The zero-order valence-corrected chi connectivity index (χ0v) is 18.1. The van der Waals surface area contributed by atoms with Crippen molar-refractivity contribution in [3.63, 3.8) is 0 Å². The van der Waals surface area contributed by atoms with E-state index in [0.717, 1.165) is 16.8 Å². The van der Waals surface area contributed by atoms with Crippen LogP contribution >= 0.6 is 11.6 Å². The molecule has 7 nitrogen and oxygen atoms in total. The van der Waals surface area contributed by atoms with Crippen molar-refractivity contribution in [1.29, 1.82) is 0 Å². The standard InChI is InChI=1S/C24H21ClN4O3/c1-16-3-2-12-29-14-20(26-23(16)29)13-22(30)27-28-24(31)18-6-4-17(5-7-18)15-32-21-10-8-19(25)9-11-21/h2-12,14H,13,15H2,1H3,(H,27,30)(H,28,31). The molecule has 0 aliphatic heterocycles. The van der Waals surface area contributed by atoms with Crippen molar-refractivity contribution in [3.05, 3.63) is 100 Å². The molecule has 8 heteroatoms. The highest BCUT2D eigenvalue weighted by molar-refractivity contribution is 6.30. The van der Waals surface area contributed by atoms with Gasteiger partial charge in [0.05, 0.1) is 12.1 Å². The van der Waals surface area contributed by atoms with Gasteiger partial charge in [-0.15, -0.1) is 0 Å². The molecule has 162 valence electrons. The summed E-state index contributed by atoms with van der Waals surface area (Å²) in [6.45, 7) is 2.32. The number of nitrogens with zero attached hydrogens (tertiary/aromatic N) is 2. The minimum absolute atomic E-state index is 0.0579. The van der Waals surface area contributed by atoms with Crippen molar-refractivity contribution >= 4 is 29.1 Å². The Balaban J connectivity index is 1.27. The van der Waals surface area contributed by atoms with Crippen molar-refractivity contribution in [2.75, 3.05) is 0 Å². The normalized spacial score (nSPS) is 10.7. The molecule has 0 aliphatic carbocycles. The smallest absolute Gasteiger partial charge is 0.269 e. The highest BCUT2D eigenvalue weighted by Gasteiger charge is 2.11. The minimum Gasteiger partial charge on any atom is -0.489 e. The number of aromatic nitrogens is 2. The number of amides is 2. The number of hydrazine groups is 1. The van der Waals surface area contributed by atoms with E-state index in [9.17, 15) is 9.59 Å².